The van der Waals surface area contributed by atoms with Crippen molar-refractivity contribution in [2.45, 2.75) is 36.8 Å². The maximum atomic E-state index is 14.4. The smallest absolute Gasteiger partial charge is 0.376 e. The van der Waals surface area contributed by atoms with Crippen molar-refractivity contribution in [2.24, 2.45) is 5.16 Å². The van der Waals surface area contributed by atoms with E-state index in [2.05, 4.69) is 20.8 Å². The van der Waals surface area contributed by atoms with E-state index in [0.717, 1.165) is 11.3 Å². The number of anilines is 1. The van der Waals surface area contributed by atoms with Gasteiger partial charge in [0.1, 0.15) is 30.8 Å². The third-order valence-electron chi connectivity index (χ3n) is 7.94. The molecule has 3 heterocycles. The van der Waals surface area contributed by atoms with Crippen molar-refractivity contribution in [2.75, 3.05) is 18.3 Å². The van der Waals surface area contributed by atoms with E-state index in [0.29, 0.717) is 21.8 Å². The molecule has 2 N–H and O–H groups in total. The van der Waals surface area contributed by atoms with Gasteiger partial charge in [0.2, 0.25) is 5.91 Å². The molecule has 2 aliphatic heterocycles. The zero-order valence-corrected chi connectivity index (χ0v) is 28.5. The predicted octanol–water partition coefficient (Wildman–Crippen LogP) is 4.04. The number of hydrogen-bond donors (Lipinski definition) is 2. The molecule has 3 amide bonds. The number of hydrogen-bond acceptors (Lipinski definition) is 12. The number of alkyl halides is 1. The van der Waals surface area contributed by atoms with Crippen LogP contribution in [0.3, 0.4) is 0 Å². The number of thiazole rings is 1. The molecule has 1 aromatic heterocycles. The molecule has 0 aliphatic carbocycles. The van der Waals surface area contributed by atoms with Gasteiger partial charge in [-0.2, -0.15) is 5.06 Å². The molecule has 0 bridgehead atoms. The summed E-state index contributed by atoms with van der Waals surface area (Å²) in [6.45, 7) is 0. The quantitative estimate of drug-likeness (QED) is 0.0937. The maximum absolute atomic E-state index is 14.4. The zero-order valence-electron chi connectivity index (χ0n) is 26.9. The molecule has 3 unspecified atom stereocenters. The average Bonchev–Trinajstić information content (AvgIpc) is 3.88. The Labute approximate surface area is 300 Å². The van der Waals surface area contributed by atoms with E-state index < -0.39 is 53.6 Å². The van der Waals surface area contributed by atoms with E-state index in [1.807, 2.05) is 12.1 Å². The Hall–Kier alpha value is -5.64. The van der Waals surface area contributed by atoms with Crippen LogP contribution in [0.15, 0.2) is 102 Å². The molecular formula is C35H30ClN5O9S. The van der Waals surface area contributed by atoms with Crippen molar-refractivity contribution in [1.82, 2.24) is 15.4 Å². The van der Waals surface area contributed by atoms with Crippen molar-refractivity contribution in [3.63, 3.8) is 0 Å². The highest BCUT2D eigenvalue weighted by Gasteiger charge is 2.62. The molecule has 14 nitrogen and oxygen atoms in total. The third-order valence-corrected chi connectivity index (χ3v) is 8.94. The first kappa shape index (κ1) is 35.2. The topological polar surface area (TPSA) is 175 Å². The maximum Gasteiger partial charge on any atom is 0.376 e. The van der Waals surface area contributed by atoms with Crippen LogP contribution in [0.25, 0.3) is 0 Å². The van der Waals surface area contributed by atoms with Crippen molar-refractivity contribution < 1.29 is 43.1 Å². The van der Waals surface area contributed by atoms with Crippen molar-refractivity contribution in [3.05, 3.63) is 119 Å². The number of cyclic esters (lactones) is 1. The van der Waals surface area contributed by atoms with Crippen LogP contribution in [0.4, 0.5) is 5.13 Å². The minimum atomic E-state index is -2.32. The number of esters is 2. The summed E-state index contributed by atoms with van der Waals surface area (Å²) in [5, 5.41) is 11.2. The monoisotopic (exact) mass is 731 g/mol. The van der Waals surface area contributed by atoms with Gasteiger partial charge in [-0.1, -0.05) is 96.2 Å². The number of carbonyl (C=O) groups is 5. The summed E-state index contributed by atoms with van der Waals surface area (Å²) in [5.74, 6) is -4.41. The summed E-state index contributed by atoms with van der Waals surface area (Å²) in [4.78, 5) is 82.2. The first-order valence-corrected chi connectivity index (χ1v) is 17.0. The van der Waals surface area contributed by atoms with Gasteiger partial charge < -0.3 is 24.9 Å². The number of amides is 3. The number of benzene rings is 3. The van der Waals surface area contributed by atoms with Crippen molar-refractivity contribution in [1.29, 1.82) is 0 Å². The molecule has 262 valence electrons. The fourth-order valence-corrected chi connectivity index (χ4v) is 6.37. The van der Waals surface area contributed by atoms with Crippen molar-refractivity contribution in [3.8, 4) is 0 Å². The fraction of sp³-hybridized carbons (Fsp3) is 0.229. The summed E-state index contributed by atoms with van der Waals surface area (Å²) in [6.07, 6.45) is -2.61. The van der Waals surface area contributed by atoms with Gasteiger partial charge in [-0.05, 0) is 16.7 Å². The highest BCUT2D eigenvalue weighted by molar-refractivity contribution is 7.14. The van der Waals surface area contributed by atoms with E-state index in [-0.39, 0.29) is 35.3 Å². The number of oxime groups is 1. The summed E-state index contributed by atoms with van der Waals surface area (Å²) >= 11 is 6.58. The Morgan fingerprint density at radius 1 is 1.02 bits per heavy atom. The van der Waals surface area contributed by atoms with Crippen LogP contribution in [0.2, 0.25) is 0 Å². The summed E-state index contributed by atoms with van der Waals surface area (Å²) in [5.41, 5.74) is -0.890. The zero-order chi connectivity index (χ0) is 36.0. The SMILES string of the molecule is CON=C(C(=O)NC1C(=O)N(C2(C(=O)OC(c3ccccc3)c3ccccc3)CCC(=O)O2)OC1c1ccccc1)c1csc(NC(=O)CCl)n1. The number of nitrogens with zero attached hydrogens (tertiary/aromatic N) is 3. The molecule has 0 radical (unpaired) electrons. The van der Waals surface area contributed by atoms with Crippen molar-refractivity contribution >= 4 is 63.4 Å². The van der Waals surface area contributed by atoms with E-state index >= 15 is 0 Å². The second-order valence-electron chi connectivity index (χ2n) is 11.2. The van der Waals surface area contributed by atoms with Crippen LogP contribution in [-0.4, -0.2) is 70.2 Å². The van der Waals surface area contributed by atoms with Gasteiger partial charge >= 0.3 is 17.7 Å². The number of hydroxylamine groups is 2. The summed E-state index contributed by atoms with van der Waals surface area (Å²) < 4.78 is 11.7. The lowest BCUT2D eigenvalue weighted by Crippen LogP contribution is -2.57. The van der Waals surface area contributed by atoms with Gasteiger partial charge in [0.25, 0.3) is 11.8 Å². The Morgan fingerprint density at radius 2 is 1.65 bits per heavy atom. The van der Waals surface area contributed by atoms with Gasteiger partial charge in [-0.3, -0.25) is 24.0 Å². The number of rotatable bonds is 12. The number of carbonyl (C=O) groups excluding carboxylic acids is 5. The summed E-state index contributed by atoms with van der Waals surface area (Å²) in [6, 6.07) is 25.0. The van der Waals surface area contributed by atoms with E-state index in [1.165, 1.54) is 12.5 Å². The van der Waals surface area contributed by atoms with Gasteiger partial charge in [0.05, 0.1) is 6.42 Å². The van der Waals surface area contributed by atoms with Gasteiger partial charge in [-0.15, -0.1) is 22.9 Å². The standard InChI is InChI=1S/C35H30ClN5O9S/c1-47-40-27(24-20-51-34(37-24)38-25(42)19-36)31(44)39-28-30(23-15-9-4-10-16-23)50-41(32(28)45)35(18-17-26(43)49-35)33(46)48-29(21-11-5-2-6-12-21)22-13-7-3-8-14-22/h2-16,20,28-30H,17-19H2,1H3,(H,39,44)(H,37,38,42). The van der Waals surface area contributed by atoms with Gasteiger partial charge in [0, 0.05) is 11.8 Å². The third kappa shape index (κ3) is 7.45. The molecule has 16 heteroatoms. The molecule has 2 aliphatic rings. The first-order chi connectivity index (χ1) is 24.7. The summed E-state index contributed by atoms with van der Waals surface area (Å²) in [7, 11) is 1.22. The highest BCUT2D eigenvalue weighted by Crippen LogP contribution is 2.42. The average molecular weight is 732 g/mol. The van der Waals surface area contributed by atoms with Crippen LogP contribution in [0.1, 0.15) is 47.4 Å². The molecule has 0 spiro atoms. The largest absolute Gasteiger partial charge is 0.448 e. The normalized spacial score (nSPS) is 20.2. The number of ether oxygens (including phenoxy) is 2. The fourth-order valence-electron chi connectivity index (χ4n) is 5.59. The lowest BCUT2D eigenvalue weighted by Gasteiger charge is -2.34. The Balaban J connectivity index is 1.33. The predicted molar refractivity (Wildman–Crippen MR) is 183 cm³/mol. The molecule has 6 rings (SSSR count). The van der Waals surface area contributed by atoms with Gasteiger partial charge in [0.15, 0.2) is 16.9 Å². The Kier molecular flexibility index (Phi) is 10.7. The molecule has 0 saturated carbocycles. The minimum Gasteiger partial charge on any atom is -0.448 e. The minimum absolute atomic E-state index is 0.0290. The van der Waals surface area contributed by atoms with Crippen LogP contribution in [0.5, 0.6) is 0 Å². The van der Waals surface area contributed by atoms with E-state index in [1.54, 1.807) is 78.9 Å². The number of halogens is 1. The Bertz CT molecular complexity index is 1910. The van der Waals surface area contributed by atoms with Gasteiger partial charge in [-0.25, -0.2) is 9.78 Å². The number of aromatic nitrogens is 1. The molecule has 2 fully saturated rings. The van der Waals surface area contributed by atoms with Crippen LogP contribution in [-0.2, 0) is 43.1 Å². The van der Waals surface area contributed by atoms with Crippen LogP contribution in [0, 0.1) is 0 Å². The highest BCUT2D eigenvalue weighted by atomic mass is 35.5. The second kappa shape index (κ2) is 15.5. The molecule has 2 saturated heterocycles. The van der Waals surface area contributed by atoms with E-state index in [4.69, 9.17) is 30.7 Å². The second-order valence-corrected chi connectivity index (χ2v) is 12.4. The molecule has 3 aromatic carbocycles. The van der Waals surface area contributed by atoms with E-state index in [9.17, 15) is 24.0 Å². The molecule has 4 aromatic rings. The molecule has 51 heavy (non-hydrogen) atoms. The first-order valence-electron chi connectivity index (χ1n) is 15.6. The molecule has 3 atom stereocenters. The Morgan fingerprint density at radius 3 is 2.22 bits per heavy atom. The lowest BCUT2D eigenvalue weighted by molar-refractivity contribution is -0.272. The number of nitrogens with one attached hydrogen (secondary N) is 2. The molecular weight excluding hydrogens is 702 g/mol. The van der Waals surface area contributed by atoms with Crippen LogP contribution < -0.4 is 10.6 Å². The van der Waals surface area contributed by atoms with Crippen LogP contribution >= 0.6 is 22.9 Å². The lowest BCUT2D eigenvalue weighted by atomic mass is 10.0.